The van der Waals surface area contributed by atoms with E-state index in [1.54, 1.807) is 24.3 Å². The summed E-state index contributed by atoms with van der Waals surface area (Å²) in [4.78, 5) is 51.6. The number of rotatable bonds is 17. The maximum absolute atomic E-state index is 13.5. The molecule has 0 bridgehead atoms. The molecule has 3 amide bonds. The molecule has 4 atom stereocenters. The van der Waals surface area contributed by atoms with Crippen LogP contribution in [0.15, 0.2) is 60.7 Å². The van der Waals surface area contributed by atoms with Crippen LogP contribution in [0.4, 0.5) is 0 Å². The fourth-order valence-electron chi connectivity index (χ4n) is 4.31. The molecular formula is C30H43N5O5. The summed E-state index contributed by atoms with van der Waals surface area (Å²) in [7, 11) is 0. The molecule has 0 radical (unpaired) electrons. The second-order valence-electron chi connectivity index (χ2n) is 10.4. The summed E-state index contributed by atoms with van der Waals surface area (Å²) >= 11 is 0. The van der Waals surface area contributed by atoms with Gasteiger partial charge in [0.1, 0.15) is 18.1 Å². The van der Waals surface area contributed by atoms with E-state index in [4.69, 9.17) is 11.5 Å². The summed E-state index contributed by atoms with van der Waals surface area (Å²) in [6.45, 7) is 4.32. The number of unbranched alkanes of at least 4 members (excludes halogenated alkanes) is 1. The maximum atomic E-state index is 13.5. The number of carboxylic acids is 1. The zero-order chi connectivity index (χ0) is 29.5. The minimum absolute atomic E-state index is 0.0891. The van der Waals surface area contributed by atoms with Crippen molar-refractivity contribution in [3.05, 3.63) is 71.8 Å². The predicted octanol–water partition coefficient (Wildman–Crippen LogP) is 1.51. The predicted molar refractivity (Wildman–Crippen MR) is 154 cm³/mol. The Balaban J connectivity index is 2.21. The maximum Gasteiger partial charge on any atom is 0.326 e. The van der Waals surface area contributed by atoms with Gasteiger partial charge in [-0.2, -0.15) is 0 Å². The van der Waals surface area contributed by atoms with E-state index in [-0.39, 0.29) is 25.2 Å². The van der Waals surface area contributed by atoms with Crippen molar-refractivity contribution in [3.8, 4) is 0 Å². The fraction of sp³-hybridized carbons (Fsp3) is 0.467. The molecule has 40 heavy (non-hydrogen) atoms. The van der Waals surface area contributed by atoms with Crippen molar-refractivity contribution in [2.45, 2.75) is 76.5 Å². The van der Waals surface area contributed by atoms with Crippen LogP contribution in [0.25, 0.3) is 0 Å². The molecule has 2 rings (SSSR count). The Kier molecular flexibility index (Phi) is 13.8. The van der Waals surface area contributed by atoms with Gasteiger partial charge in [-0.1, -0.05) is 74.5 Å². The van der Waals surface area contributed by atoms with Gasteiger partial charge in [-0.25, -0.2) is 4.79 Å². The van der Waals surface area contributed by atoms with E-state index in [0.29, 0.717) is 25.8 Å². The van der Waals surface area contributed by atoms with Gasteiger partial charge in [-0.05, 0) is 49.3 Å². The van der Waals surface area contributed by atoms with Crippen LogP contribution in [0.2, 0.25) is 0 Å². The van der Waals surface area contributed by atoms with Crippen molar-refractivity contribution in [2.24, 2.45) is 17.4 Å². The standard InChI is InChI=1S/C30H43N5O5/c1-20(2)17-23(32)27(36)34-25(18-21-11-5-3-6-12-21)29(38)33-24(15-9-10-16-31)28(37)35-26(30(39)40)19-22-13-7-4-8-14-22/h3-8,11-14,20,23-26H,9-10,15-19,31-32H2,1-2H3,(H,33,38)(H,34,36)(H,35,37)(H,39,40). The highest BCUT2D eigenvalue weighted by molar-refractivity contribution is 5.94. The molecule has 0 spiro atoms. The van der Waals surface area contributed by atoms with Gasteiger partial charge in [-0.15, -0.1) is 0 Å². The number of carbonyl (C=O) groups excluding carboxylic acids is 3. The lowest BCUT2D eigenvalue weighted by molar-refractivity contribution is -0.142. The van der Waals surface area contributed by atoms with Crippen LogP contribution in [0.1, 0.15) is 50.7 Å². The molecule has 218 valence electrons. The number of hydrogen-bond acceptors (Lipinski definition) is 6. The number of benzene rings is 2. The quantitative estimate of drug-likeness (QED) is 0.161. The molecule has 2 aromatic carbocycles. The number of aliphatic carboxylic acids is 1. The molecule has 0 aliphatic heterocycles. The Morgan fingerprint density at radius 1 is 0.725 bits per heavy atom. The third-order valence-corrected chi connectivity index (χ3v) is 6.45. The number of carboxylic acid groups (broad SMARTS) is 1. The SMILES string of the molecule is CC(C)CC(N)C(=O)NC(Cc1ccccc1)C(=O)NC(CCCCN)C(=O)NC(Cc1ccccc1)C(=O)O. The van der Waals surface area contributed by atoms with Crippen LogP contribution in [0, 0.1) is 5.92 Å². The van der Waals surface area contributed by atoms with Gasteiger partial charge in [0.25, 0.3) is 0 Å². The normalized spacial score (nSPS) is 14.0. The third kappa shape index (κ3) is 11.5. The minimum atomic E-state index is -1.18. The summed E-state index contributed by atoms with van der Waals surface area (Å²) in [5.74, 6) is -2.62. The molecule has 0 heterocycles. The molecule has 4 unspecified atom stereocenters. The first-order chi connectivity index (χ1) is 19.1. The molecule has 8 N–H and O–H groups in total. The van der Waals surface area contributed by atoms with Crippen LogP contribution < -0.4 is 27.4 Å². The molecular weight excluding hydrogens is 510 g/mol. The second-order valence-corrected chi connectivity index (χ2v) is 10.4. The lowest BCUT2D eigenvalue weighted by Crippen LogP contribution is -2.57. The van der Waals surface area contributed by atoms with Gasteiger partial charge in [0, 0.05) is 12.8 Å². The molecule has 0 saturated heterocycles. The van der Waals surface area contributed by atoms with Crippen LogP contribution in [-0.2, 0) is 32.0 Å². The van der Waals surface area contributed by atoms with E-state index in [1.807, 2.05) is 50.2 Å². The largest absolute Gasteiger partial charge is 0.480 e. The van der Waals surface area contributed by atoms with E-state index in [9.17, 15) is 24.3 Å². The first kappa shape index (κ1) is 32.5. The topological polar surface area (TPSA) is 177 Å². The van der Waals surface area contributed by atoms with Gasteiger partial charge in [0.2, 0.25) is 17.7 Å². The van der Waals surface area contributed by atoms with Crippen LogP contribution in [0.5, 0.6) is 0 Å². The average molecular weight is 554 g/mol. The van der Waals surface area contributed by atoms with Gasteiger partial charge >= 0.3 is 5.97 Å². The summed E-state index contributed by atoms with van der Waals surface area (Å²) < 4.78 is 0. The Morgan fingerprint density at radius 2 is 1.20 bits per heavy atom. The van der Waals surface area contributed by atoms with Gasteiger partial charge < -0.3 is 32.5 Å². The van der Waals surface area contributed by atoms with Crippen LogP contribution in [-0.4, -0.2) is 59.5 Å². The average Bonchev–Trinajstić information content (AvgIpc) is 2.92. The number of carbonyl (C=O) groups is 4. The lowest BCUT2D eigenvalue weighted by atomic mass is 10.0. The molecule has 0 saturated carbocycles. The van der Waals surface area contributed by atoms with Crippen molar-refractivity contribution in [1.82, 2.24) is 16.0 Å². The minimum Gasteiger partial charge on any atom is -0.480 e. The number of amides is 3. The molecule has 0 aliphatic carbocycles. The summed E-state index contributed by atoms with van der Waals surface area (Å²) in [5, 5.41) is 17.8. The Bertz CT molecular complexity index is 1080. The first-order valence-corrected chi connectivity index (χ1v) is 13.8. The Hall–Kier alpha value is -3.76. The fourth-order valence-corrected chi connectivity index (χ4v) is 4.31. The molecule has 0 aromatic heterocycles. The molecule has 0 fully saturated rings. The number of hydrogen-bond donors (Lipinski definition) is 6. The zero-order valence-corrected chi connectivity index (χ0v) is 23.3. The van der Waals surface area contributed by atoms with Crippen LogP contribution in [0.3, 0.4) is 0 Å². The van der Waals surface area contributed by atoms with Crippen molar-refractivity contribution in [3.63, 3.8) is 0 Å². The molecule has 10 heteroatoms. The smallest absolute Gasteiger partial charge is 0.326 e. The highest BCUT2D eigenvalue weighted by Gasteiger charge is 2.30. The van der Waals surface area contributed by atoms with Crippen molar-refractivity contribution in [2.75, 3.05) is 6.54 Å². The summed E-state index contributed by atoms with van der Waals surface area (Å²) in [5.41, 5.74) is 13.3. The van der Waals surface area contributed by atoms with Gasteiger partial charge in [0.05, 0.1) is 6.04 Å². The summed E-state index contributed by atoms with van der Waals surface area (Å²) in [6.07, 6.45) is 2.15. The van der Waals surface area contributed by atoms with E-state index < -0.39 is 47.9 Å². The summed E-state index contributed by atoms with van der Waals surface area (Å²) in [6, 6.07) is 14.2. The zero-order valence-electron chi connectivity index (χ0n) is 23.3. The number of nitrogens with one attached hydrogen (secondary N) is 3. The van der Waals surface area contributed by atoms with E-state index in [2.05, 4.69) is 16.0 Å². The van der Waals surface area contributed by atoms with Crippen molar-refractivity contribution >= 4 is 23.7 Å². The van der Waals surface area contributed by atoms with E-state index >= 15 is 0 Å². The Labute approximate surface area is 236 Å². The lowest BCUT2D eigenvalue weighted by Gasteiger charge is -2.26. The second kappa shape index (κ2) is 17.0. The van der Waals surface area contributed by atoms with Crippen molar-refractivity contribution < 1.29 is 24.3 Å². The van der Waals surface area contributed by atoms with Gasteiger partial charge in [0.15, 0.2) is 0 Å². The van der Waals surface area contributed by atoms with E-state index in [1.165, 1.54) is 0 Å². The third-order valence-electron chi connectivity index (χ3n) is 6.45. The molecule has 2 aromatic rings. The number of nitrogens with two attached hydrogens (primary N) is 2. The molecule has 10 nitrogen and oxygen atoms in total. The Morgan fingerprint density at radius 3 is 1.70 bits per heavy atom. The van der Waals surface area contributed by atoms with Crippen LogP contribution >= 0.6 is 0 Å². The highest BCUT2D eigenvalue weighted by atomic mass is 16.4. The molecule has 0 aliphatic rings. The highest BCUT2D eigenvalue weighted by Crippen LogP contribution is 2.09. The van der Waals surface area contributed by atoms with Gasteiger partial charge in [-0.3, -0.25) is 14.4 Å². The first-order valence-electron chi connectivity index (χ1n) is 13.8. The van der Waals surface area contributed by atoms with Crippen molar-refractivity contribution in [1.29, 1.82) is 0 Å². The monoisotopic (exact) mass is 553 g/mol. The van der Waals surface area contributed by atoms with E-state index in [0.717, 1.165) is 11.1 Å².